The van der Waals surface area contributed by atoms with Crippen LogP contribution in [0.1, 0.15) is 34.6 Å². The highest BCUT2D eigenvalue weighted by Crippen LogP contribution is 2.21. The first-order chi connectivity index (χ1) is 16.9. The van der Waals surface area contributed by atoms with E-state index in [9.17, 15) is 23.1 Å². The summed E-state index contributed by atoms with van der Waals surface area (Å²) in [4.78, 5) is 25.2. The molecule has 0 fully saturated rings. The standard InChI is InChI=1S/C24H25Cl2N3O5S2/c1-15(2)29(14-21-4-3-9-35-21)36(33,34)28-22(24(31)32)10-16-5-7-20(8-6-16)27-23(30)17-11-18(25)13-19(26)12-17/h3-9,11-13,15,22,28H,10,14H2,1-2H3,(H,27,30)(H,31,32)/t22-/m0/s1. The van der Waals surface area contributed by atoms with Crippen LogP contribution in [-0.2, 0) is 28.0 Å². The second-order valence-electron chi connectivity index (χ2n) is 8.25. The Kier molecular flexibility index (Phi) is 9.51. The Morgan fingerprint density at radius 2 is 1.69 bits per heavy atom. The van der Waals surface area contributed by atoms with Crippen molar-refractivity contribution in [2.24, 2.45) is 0 Å². The molecule has 0 aliphatic rings. The van der Waals surface area contributed by atoms with E-state index in [4.69, 9.17) is 23.2 Å². The zero-order valence-electron chi connectivity index (χ0n) is 19.4. The van der Waals surface area contributed by atoms with Gasteiger partial charge in [0.25, 0.3) is 16.1 Å². The van der Waals surface area contributed by atoms with E-state index in [0.29, 0.717) is 21.3 Å². The number of carboxylic acid groups (broad SMARTS) is 1. The van der Waals surface area contributed by atoms with Gasteiger partial charge in [0.15, 0.2) is 0 Å². The van der Waals surface area contributed by atoms with Gasteiger partial charge in [0, 0.05) is 38.8 Å². The second-order valence-corrected chi connectivity index (χ2v) is 11.8. The SMILES string of the molecule is CC(C)N(Cc1cccs1)S(=O)(=O)N[C@@H](Cc1ccc(NC(=O)c2cc(Cl)cc(Cl)c2)cc1)C(=O)O. The highest BCUT2D eigenvalue weighted by Gasteiger charge is 2.31. The number of carbonyl (C=O) groups excluding carboxylic acids is 1. The molecule has 3 rings (SSSR count). The number of carbonyl (C=O) groups is 2. The molecular weight excluding hydrogens is 545 g/mol. The number of rotatable bonds is 11. The molecule has 1 heterocycles. The van der Waals surface area contributed by atoms with E-state index in [0.717, 1.165) is 4.88 Å². The number of aliphatic carboxylic acids is 1. The predicted molar refractivity (Wildman–Crippen MR) is 143 cm³/mol. The third-order valence-electron chi connectivity index (χ3n) is 5.14. The van der Waals surface area contributed by atoms with Gasteiger partial charge in [-0.1, -0.05) is 41.4 Å². The number of thiophene rings is 1. The van der Waals surface area contributed by atoms with Crippen molar-refractivity contribution in [2.45, 2.75) is 38.9 Å². The molecule has 0 saturated carbocycles. The number of halogens is 2. The Morgan fingerprint density at radius 3 is 2.22 bits per heavy atom. The molecule has 0 spiro atoms. The summed E-state index contributed by atoms with van der Waals surface area (Å²) in [7, 11) is -4.09. The van der Waals surface area contributed by atoms with E-state index in [-0.39, 0.29) is 24.6 Å². The molecule has 3 aromatic rings. The molecule has 192 valence electrons. The summed E-state index contributed by atoms with van der Waals surface area (Å²) in [5.41, 5.74) is 1.33. The zero-order chi connectivity index (χ0) is 26.5. The lowest BCUT2D eigenvalue weighted by molar-refractivity contribution is -0.138. The fraction of sp³-hybridized carbons (Fsp3) is 0.250. The maximum absolute atomic E-state index is 13.1. The second kappa shape index (κ2) is 12.2. The van der Waals surface area contributed by atoms with Crippen molar-refractivity contribution in [1.29, 1.82) is 0 Å². The van der Waals surface area contributed by atoms with E-state index in [1.807, 2.05) is 17.5 Å². The molecule has 0 unspecified atom stereocenters. The van der Waals surface area contributed by atoms with Crippen molar-refractivity contribution < 1.29 is 23.1 Å². The van der Waals surface area contributed by atoms with Crippen molar-refractivity contribution >= 4 is 62.3 Å². The summed E-state index contributed by atoms with van der Waals surface area (Å²) in [5, 5.41) is 14.9. The van der Waals surface area contributed by atoms with E-state index >= 15 is 0 Å². The van der Waals surface area contributed by atoms with Crippen molar-refractivity contribution in [1.82, 2.24) is 9.03 Å². The molecule has 1 amide bonds. The van der Waals surface area contributed by atoms with E-state index in [1.54, 1.807) is 38.1 Å². The van der Waals surface area contributed by atoms with Gasteiger partial charge in [0.05, 0.1) is 0 Å². The van der Waals surface area contributed by atoms with Crippen LogP contribution in [-0.4, -0.2) is 41.8 Å². The van der Waals surface area contributed by atoms with Gasteiger partial charge in [-0.25, -0.2) is 0 Å². The molecule has 0 bridgehead atoms. The molecule has 8 nitrogen and oxygen atoms in total. The molecule has 0 saturated heterocycles. The molecule has 36 heavy (non-hydrogen) atoms. The third kappa shape index (κ3) is 7.76. The molecule has 1 aromatic heterocycles. The topological polar surface area (TPSA) is 116 Å². The third-order valence-corrected chi connectivity index (χ3v) is 8.19. The summed E-state index contributed by atoms with van der Waals surface area (Å²) in [6.07, 6.45) is -0.0857. The average molecular weight is 571 g/mol. The molecular formula is C24H25Cl2N3O5S2. The Bertz CT molecular complexity index is 1290. The Labute approximate surface area is 224 Å². The lowest BCUT2D eigenvalue weighted by Crippen LogP contribution is -2.50. The Balaban J connectivity index is 1.69. The molecule has 12 heteroatoms. The first kappa shape index (κ1) is 28.1. The summed E-state index contributed by atoms with van der Waals surface area (Å²) < 4.78 is 29.7. The smallest absolute Gasteiger partial charge is 0.322 e. The number of nitrogens with zero attached hydrogens (tertiary/aromatic N) is 1. The monoisotopic (exact) mass is 569 g/mol. The van der Waals surface area contributed by atoms with Gasteiger partial charge in [0.2, 0.25) is 0 Å². The molecule has 0 radical (unpaired) electrons. The summed E-state index contributed by atoms with van der Waals surface area (Å²) in [6, 6.07) is 12.8. The first-order valence-corrected chi connectivity index (χ1v) is 13.9. The lowest BCUT2D eigenvalue weighted by atomic mass is 10.1. The van der Waals surface area contributed by atoms with Crippen molar-refractivity contribution in [3.8, 4) is 0 Å². The Morgan fingerprint density at radius 1 is 1.06 bits per heavy atom. The number of carboxylic acids is 1. The van der Waals surface area contributed by atoms with E-state index in [1.165, 1.54) is 33.8 Å². The molecule has 0 aliphatic carbocycles. The molecule has 1 atom stereocenters. The zero-order valence-corrected chi connectivity index (χ0v) is 22.6. The maximum atomic E-state index is 13.1. The molecule has 0 aliphatic heterocycles. The number of anilines is 1. The van der Waals surface area contributed by atoms with Gasteiger partial charge in [-0.2, -0.15) is 17.4 Å². The average Bonchev–Trinajstić information content (AvgIpc) is 3.30. The predicted octanol–water partition coefficient (Wildman–Crippen LogP) is 5.05. The number of benzene rings is 2. The van der Waals surface area contributed by atoms with Crippen LogP contribution in [0.3, 0.4) is 0 Å². The van der Waals surface area contributed by atoms with E-state index in [2.05, 4.69) is 10.0 Å². The van der Waals surface area contributed by atoms with Crippen LogP contribution in [0.2, 0.25) is 10.0 Å². The summed E-state index contributed by atoms with van der Waals surface area (Å²) >= 11 is 13.3. The van der Waals surface area contributed by atoms with Gasteiger partial charge in [-0.05, 0) is 67.6 Å². The normalized spacial score (nSPS) is 12.6. The number of hydrogen-bond donors (Lipinski definition) is 3. The van der Waals surface area contributed by atoms with Crippen molar-refractivity contribution in [3.05, 3.63) is 86.0 Å². The quantitative estimate of drug-likeness (QED) is 0.299. The maximum Gasteiger partial charge on any atom is 0.322 e. The number of hydrogen-bond acceptors (Lipinski definition) is 5. The van der Waals surface area contributed by atoms with Crippen LogP contribution >= 0.6 is 34.5 Å². The fourth-order valence-corrected chi connectivity index (χ4v) is 6.23. The highest BCUT2D eigenvalue weighted by molar-refractivity contribution is 7.87. The number of nitrogens with one attached hydrogen (secondary N) is 2. The van der Waals surface area contributed by atoms with Gasteiger partial charge >= 0.3 is 5.97 Å². The summed E-state index contributed by atoms with van der Waals surface area (Å²) in [5.74, 6) is -1.71. The fourth-order valence-electron chi connectivity index (χ4n) is 3.38. The van der Waals surface area contributed by atoms with Crippen LogP contribution in [0, 0.1) is 0 Å². The molecule has 2 aromatic carbocycles. The van der Waals surface area contributed by atoms with Crippen molar-refractivity contribution in [3.63, 3.8) is 0 Å². The minimum atomic E-state index is -4.09. The molecule has 3 N–H and O–H groups in total. The largest absolute Gasteiger partial charge is 0.480 e. The lowest BCUT2D eigenvalue weighted by Gasteiger charge is -2.27. The minimum Gasteiger partial charge on any atom is -0.480 e. The van der Waals surface area contributed by atoms with Gasteiger partial charge < -0.3 is 10.4 Å². The summed E-state index contributed by atoms with van der Waals surface area (Å²) in [6.45, 7) is 3.60. The van der Waals surface area contributed by atoms with Crippen LogP contribution in [0.25, 0.3) is 0 Å². The van der Waals surface area contributed by atoms with Gasteiger partial charge in [-0.3, -0.25) is 9.59 Å². The van der Waals surface area contributed by atoms with Gasteiger partial charge in [0.1, 0.15) is 6.04 Å². The minimum absolute atomic E-state index is 0.0857. The Hall–Kier alpha value is -2.47. The van der Waals surface area contributed by atoms with Crippen LogP contribution in [0.4, 0.5) is 5.69 Å². The highest BCUT2D eigenvalue weighted by atomic mass is 35.5. The first-order valence-electron chi connectivity index (χ1n) is 10.9. The van der Waals surface area contributed by atoms with Crippen LogP contribution in [0.15, 0.2) is 60.0 Å². The van der Waals surface area contributed by atoms with Gasteiger partial charge in [-0.15, -0.1) is 11.3 Å². The number of amides is 1. The van der Waals surface area contributed by atoms with Crippen LogP contribution < -0.4 is 10.0 Å². The van der Waals surface area contributed by atoms with Crippen molar-refractivity contribution in [2.75, 3.05) is 5.32 Å². The van der Waals surface area contributed by atoms with Crippen LogP contribution in [0.5, 0.6) is 0 Å². The van der Waals surface area contributed by atoms with E-state index < -0.39 is 28.1 Å².